The zero-order chi connectivity index (χ0) is 22.2. The van der Waals surface area contributed by atoms with Crippen LogP contribution < -0.4 is 19.7 Å². The third kappa shape index (κ3) is 3.53. The summed E-state index contributed by atoms with van der Waals surface area (Å²) in [6, 6.07) is 10.8. The third-order valence-electron chi connectivity index (χ3n) is 5.56. The number of hydrogen-bond donors (Lipinski definition) is 1. The van der Waals surface area contributed by atoms with Crippen molar-refractivity contribution in [2.24, 2.45) is 10.3 Å². The number of amides is 3. The predicted octanol–water partition coefficient (Wildman–Crippen LogP) is 1.38. The van der Waals surface area contributed by atoms with E-state index in [2.05, 4.69) is 15.7 Å². The number of carbonyl (C=O) groups is 3. The van der Waals surface area contributed by atoms with Gasteiger partial charge in [-0.15, -0.1) is 0 Å². The first-order valence-electron chi connectivity index (χ1n) is 10.3. The van der Waals surface area contributed by atoms with Gasteiger partial charge < -0.3 is 14.8 Å². The van der Waals surface area contributed by atoms with Gasteiger partial charge in [0.1, 0.15) is 19.8 Å². The smallest absolute Gasteiger partial charge is 0.263 e. The SMILES string of the molecule is Cc1ccc(CNC(=O)CN2N=N[C@H]3C(=O)N(c4ccc5c(c4)OCCO5)C(=O)[C@H]32)cc1. The second-order valence-electron chi connectivity index (χ2n) is 7.79. The van der Waals surface area contributed by atoms with E-state index in [4.69, 9.17) is 9.47 Å². The van der Waals surface area contributed by atoms with Gasteiger partial charge in [0.2, 0.25) is 5.91 Å². The molecule has 10 nitrogen and oxygen atoms in total. The van der Waals surface area contributed by atoms with Crippen molar-refractivity contribution in [2.45, 2.75) is 25.6 Å². The van der Waals surface area contributed by atoms with Crippen LogP contribution in [0, 0.1) is 6.92 Å². The Kier molecular flexibility index (Phi) is 4.96. The number of nitrogens with one attached hydrogen (secondary N) is 1. The minimum atomic E-state index is -0.972. The van der Waals surface area contributed by atoms with Crippen molar-refractivity contribution in [3.05, 3.63) is 53.6 Å². The van der Waals surface area contributed by atoms with Crippen LogP contribution >= 0.6 is 0 Å². The molecule has 3 aliphatic rings. The van der Waals surface area contributed by atoms with Crippen molar-refractivity contribution in [3.8, 4) is 11.5 Å². The molecule has 3 aliphatic heterocycles. The molecule has 1 N–H and O–H groups in total. The summed E-state index contributed by atoms with van der Waals surface area (Å²) in [4.78, 5) is 39.5. The molecule has 164 valence electrons. The Morgan fingerprint density at radius 2 is 1.81 bits per heavy atom. The number of anilines is 1. The molecule has 3 amide bonds. The maximum absolute atomic E-state index is 13.1. The Balaban J connectivity index is 1.26. The van der Waals surface area contributed by atoms with Crippen LogP contribution in [0.25, 0.3) is 0 Å². The van der Waals surface area contributed by atoms with E-state index >= 15 is 0 Å². The molecule has 0 saturated carbocycles. The maximum Gasteiger partial charge on any atom is 0.263 e. The summed E-state index contributed by atoms with van der Waals surface area (Å²) in [5.74, 6) is -0.245. The summed E-state index contributed by atoms with van der Waals surface area (Å²) in [6.45, 7) is 3.01. The molecule has 0 spiro atoms. The fraction of sp³-hybridized carbons (Fsp3) is 0.318. The lowest BCUT2D eigenvalue weighted by atomic mass is 10.1. The second-order valence-corrected chi connectivity index (χ2v) is 7.79. The third-order valence-corrected chi connectivity index (χ3v) is 5.56. The van der Waals surface area contributed by atoms with Gasteiger partial charge >= 0.3 is 0 Å². The Morgan fingerprint density at radius 3 is 2.59 bits per heavy atom. The number of nitrogens with zero attached hydrogens (tertiary/aromatic N) is 4. The van der Waals surface area contributed by atoms with Gasteiger partial charge in [-0.1, -0.05) is 35.1 Å². The summed E-state index contributed by atoms with van der Waals surface area (Å²) in [7, 11) is 0. The van der Waals surface area contributed by atoms with Gasteiger partial charge in [0, 0.05) is 12.6 Å². The summed E-state index contributed by atoms with van der Waals surface area (Å²) < 4.78 is 11.0. The van der Waals surface area contributed by atoms with E-state index in [1.807, 2.05) is 31.2 Å². The lowest BCUT2D eigenvalue weighted by Gasteiger charge is -2.22. The van der Waals surface area contributed by atoms with Crippen molar-refractivity contribution in [2.75, 3.05) is 24.7 Å². The molecule has 2 aromatic carbocycles. The fourth-order valence-corrected chi connectivity index (χ4v) is 3.89. The van der Waals surface area contributed by atoms with E-state index < -0.39 is 23.9 Å². The largest absolute Gasteiger partial charge is 0.486 e. The lowest BCUT2D eigenvalue weighted by molar-refractivity contribution is -0.125. The molecule has 1 fully saturated rings. The topological polar surface area (TPSA) is 113 Å². The van der Waals surface area contributed by atoms with Gasteiger partial charge in [-0.25, -0.2) is 4.90 Å². The molecule has 0 radical (unpaired) electrons. The molecular weight excluding hydrogens is 414 g/mol. The molecule has 2 aromatic rings. The van der Waals surface area contributed by atoms with E-state index in [-0.39, 0.29) is 12.5 Å². The lowest BCUT2D eigenvalue weighted by Crippen LogP contribution is -2.44. The number of fused-ring (bicyclic) bond motifs is 2. The number of benzene rings is 2. The highest BCUT2D eigenvalue weighted by Gasteiger charge is 2.55. The van der Waals surface area contributed by atoms with Gasteiger partial charge in [0.15, 0.2) is 23.6 Å². The molecule has 32 heavy (non-hydrogen) atoms. The number of ether oxygens (including phenoxy) is 2. The van der Waals surface area contributed by atoms with Gasteiger partial charge in [-0.05, 0) is 24.6 Å². The molecule has 5 rings (SSSR count). The molecule has 0 unspecified atom stereocenters. The average molecular weight is 435 g/mol. The molecular formula is C22H21N5O5. The first kappa shape index (κ1) is 20.0. The van der Waals surface area contributed by atoms with Crippen LogP contribution in [0.4, 0.5) is 5.69 Å². The van der Waals surface area contributed by atoms with Gasteiger partial charge in [-0.2, -0.15) is 5.11 Å². The minimum Gasteiger partial charge on any atom is -0.486 e. The Labute approximate surface area is 183 Å². The first-order chi connectivity index (χ1) is 15.5. The van der Waals surface area contributed by atoms with Crippen molar-refractivity contribution in [3.63, 3.8) is 0 Å². The van der Waals surface area contributed by atoms with Crippen LogP contribution in [-0.4, -0.2) is 54.6 Å². The Bertz CT molecular complexity index is 1120. The van der Waals surface area contributed by atoms with E-state index in [1.165, 1.54) is 5.01 Å². The number of carbonyl (C=O) groups excluding carboxylic acids is 3. The Hall–Kier alpha value is -3.95. The van der Waals surface area contributed by atoms with Crippen LogP contribution in [0.3, 0.4) is 0 Å². The average Bonchev–Trinajstić information content (AvgIpc) is 3.32. The molecule has 0 aliphatic carbocycles. The molecule has 1 saturated heterocycles. The molecule has 10 heteroatoms. The summed E-state index contributed by atoms with van der Waals surface area (Å²) in [5.41, 5.74) is 2.47. The Morgan fingerprint density at radius 1 is 1.06 bits per heavy atom. The number of rotatable bonds is 5. The predicted molar refractivity (Wildman–Crippen MR) is 112 cm³/mol. The zero-order valence-corrected chi connectivity index (χ0v) is 17.4. The first-order valence-corrected chi connectivity index (χ1v) is 10.3. The fourth-order valence-electron chi connectivity index (χ4n) is 3.89. The monoisotopic (exact) mass is 435 g/mol. The van der Waals surface area contributed by atoms with E-state index in [0.29, 0.717) is 36.9 Å². The quantitative estimate of drug-likeness (QED) is 0.710. The summed E-state index contributed by atoms with van der Waals surface area (Å²) >= 11 is 0. The van der Waals surface area contributed by atoms with Crippen molar-refractivity contribution in [1.29, 1.82) is 0 Å². The van der Waals surface area contributed by atoms with E-state index in [9.17, 15) is 14.4 Å². The van der Waals surface area contributed by atoms with Crippen LogP contribution in [0.2, 0.25) is 0 Å². The molecule has 0 bridgehead atoms. The van der Waals surface area contributed by atoms with Crippen LogP contribution in [0.5, 0.6) is 11.5 Å². The van der Waals surface area contributed by atoms with Crippen LogP contribution in [0.1, 0.15) is 11.1 Å². The zero-order valence-electron chi connectivity index (χ0n) is 17.4. The standard InChI is InChI=1S/C22H21N5O5/c1-13-2-4-14(5-3-13)11-23-18(28)12-26-20-19(24-25-26)21(29)27(22(20)30)15-6-7-16-17(10-15)32-9-8-31-16/h2-7,10,19-20H,8-9,11-12H2,1H3,(H,23,28)/t19-,20+/m1/s1. The highest BCUT2D eigenvalue weighted by molar-refractivity contribution is 6.25. The van der Waals surface area contributed by atoms with Gasteiger partial charge in [0.25, 0.3) is 11.8 Å². The highest BCUT2D eigenvalue weighted by atomic mass is 16.6. The van der Waals surface area contributed by atoms with Gasteiger partial charge in [0.05, 0.1) is 5.69 Å². The second kappa shape index (κ2) is 7.95. The highest BCUT2D eigenvalue weighted by Crippen LogP contribution is 2.37. The van der Waals surface area contributed by atoms with Crippen molar-refractivity contribution >= 4 is 23.4 Å². The normalized spacial score (nSPS) is 21.2. The number of hydrogen-bond acceptors (Lipinski definition) is 8. The molecule has 2 atom stereocenters. The summed E-state index contributed by atoms with van der Waals surface area (Å²) in [5, 5.41) is 11.9. The molecule has 3 heterocycles. The number of imide groups is 1. The van der Waals surface area contributed by atoms with Gasteiger partial charge in [-0.3, -0.25) is 19.4 Å². The van der Waals surface area contributed by atoms with Crippen LogP contribution in [0.15, 0.2) is 52.8 Å². The van der Waals surface area contributed by atoms with Crippen molar-refractivity contribution < 1.29 is 23.9 Å². The van der Waals surface area contributed by atoms with Crippen molar-refractivity contribution in [1.82, 2.24) is 10.3 Å². The number of aryl methyl sites for hydroxylation is 1. The molecule has 0 aromatic heterocycles. The van der Waals surface area contributed by atoms with E-state index in [1.54, 1.807) is 18.2 Å². The van der Waals surface area contributed by atoms with E-state index in [0.717, 1.165) is 16.0 Å². The maximum atomic E-state index is 13.1. The van der Waals surface area contributed by atoms with Crippen LogP contribution in [-0.2, 0) is 20.9 Å². The summed E-state index contributed by atoms with van der Waals surface area (Å²) in [6.07, 6.45) is 0. The minimum absolute atomic E-state index is 0.176.